The molecule has 3 fully saturated rings. The maximum atomic E-state index is 12.9. The molecule has 0 saturated heterocycles. The van der Waals surface area contributed by atoms with E-state index < -0.39 is 5.60 Å². The summed E-state index contributed by atoms with van der Waals surface area (Å²) in [6, 6.07) is 0. The minimum Gasteiger partial charge on any atom is -0.495 e. The molecule has 2 heteroatoms. The molecule has 4 aliphatic carbocycles. The number of hydrogen-bond acceptors (Lipinski definition) is 2. The minimum atomic E-state index is -0.675. The van der Waals surface area contributed by atoms with Gasteiger partial charge in [0.05, 0.1) is 11.4 Å². The third-order valence-electron chi connectivity index (χ3n) is 12.4. The number of hydrogen-bond donors (Lipinski definition) is 1. The van der Waals surface area contributed by atoms with Crippen LogP contribution < -0.4 is 0 Å². The quantitative estimate of drug-likeness (QED) is 0.288. The summed E-state index contributed by atoms with van der Waals surface area (Å²) in [6.07, 6.45) is 14.3. The highest BCUT2D eigenvalue weighted by Gasteiger charge is 2.73. The third kappa shape index (κ3) is 3.81. The summed E-state index contributed by atoms with van der Waals surface area (Å²) in [6.45, 7) is 25.6. The van der Waals surface area contributed by atoms with Gasteiger partial charge < -0.3 is 9.84 Å². The van der Waals surface area contributed by atoms with E-state index >= 15 is 0 Å². The molecular formula is C33H56O2. The van der Waals surface area contributed by atoms with Crippen LogP contribution in [-0.2, 0) is 4.74 Å². The van der Waals surface area contributed by atoms with Crippen molar-refractivity contribution in [3.05, 3.63) is 24.0 Å². The topological polar surface area (TPSA) is 29.5 Å². The van der Waals surface area contributed by atoms with Crippen LogP contribution in [0, 0.1) is 45.3 Å². The number of allylic oxidation sites excluding steroid dienone is 2. The van der Waals surface area contributed by atoms with Crippen molar-refractivity contribution in [2.45, 2.75) is 138 Å². The summed E-state index contributed by atoms with van der Waals surface area (Å²) in [5.74, 6) is 3.56. The first-order chi connectivity index (χ1) is 16.1. The molecule has 0 aliphatic heterocycles. The Kier molecular flexibility index (Phi) is 6.95. The van der Waals surface area contributed by atoms with E-state index in [0.29, 0.717) is 17.8 Å². The molecule has 1 N–H and O–H groups in total. The van der Waals surface area contributed by atoms with E-state index in [2.05, 4.69) is 68.0 Å². The van der Waals surface area contributed by atoms with E-state index in [-0.39, 0.29) is 27.8 Å². The molecule has 3 saturated carbocycles. The van der Waals surface area contributed by atoms with Crippen molar-refractivity contribution in [3.8, 4) is 0 Å². The summed E-state index contributed by atoms with van der Waals surface area (Å²) < 4.78 is 6.63. The minimum absolute atomic E-state index is 0.0602. The van der Waals surface area contributed by atoms with Gasteiger partial charge in [-0.2, -0.15) is 0 Å². The summed E-state index contributed by atoms with van der Waals surface area (Å²) in [5.41, 5.74) is 0.704. The molecule has 2 nitrogen and oxygen atoms in total. The van der Waals surface area contributed by atoms with Crippen LogP contribution >= 0.6 is 0 Å². The Labute approximate surface area is 217 Å². The van der Waals surface area contributed by atoms with Gasteiger partial charge in [0.15, 0.2) is 0 Å². The highest BCUT2D eigenvalue weighted by Crippen LogP contribution is 2.75. The van der Waals surface area contributed by atoms with E-state index in [4.69, 9.17) is 4.74 Å². The van der Waals surface area contributed by atoms with Crippen LogP contribution in [0.1, 0.15) is 127 Å². The highest BCUT2D eigenvalue weighted by atomic mass is 16.5. The second kappa shape index (κ2) is 8.92. The maximum Gasteiger partial charge on any atom is 0.105 e. The lowest BCUT2D eigenvalue weighted by Crippen LogP contribution is -2.68. The van der Waals surface area contributed by atoms with Crippen molar-refractivity contribution < 1.29 is 9.84 Å². The first-order valence-corrected chi connectivity index (χ1v) is 14.9. The normalized spacial score (nSPS) is 48.0. The Morgan fingerprint density at radius 2 is 1.71 bits per heavy atom. The van der Waals surface area contributed by atoms with Crippen molar-refractivity contribution in [1.29, 1.82) is 0 Å². The molecule has 0 heterocycles. The van der Waals surface area contributed by atoms with E-state index in [1.165, 1.54) is 38.5 Å². The molecule has 0 amide bonds. The fraction of sp³-hybridized carbons (Fsp3) is 0.879. The van der Waals surface area contributed by atoms with Gasteiger partial charge in [-0.25, -0.2) is 0 Å². The average Bonchev–Trinajstić information content (AvgIpc) is 3.02. The highest BCUT2D eigenvalue weighted by molar-refractivity contribution is 5.40. The first-order valence-electron chi connectivity index (χ1n) is 14.9. The molecule has 0 aromatic rings. The zero-order valence-corrected chi connectivity index (χ0v) is 24.6. The van der Waals surface area contributed by atoms with Crippen LogP contribution in [0.15, 0.2) is 24.0 Å². The molecule has 0 aromatic heterocycles. The van der Waals surface area contributed by atoms with E-state index in [9.17, 15) is 5.11 Å². The van der Waals surface area contributed by atoms with Gasteiger partial charge in [-0.3, -0.25) is 0 Å². The van der Waals surface area contributed by atoms with E-state index in [1.807, 2.05) is 6.92 Å². The lowest BCUT2D eigenvalue weighted by atomic mass is 9.37. The van der Waals surface area contributed by atoms with Crippen LogP contribution in [0.2, 0.25) is 0 Å². The van der Waals surface area contributed by atoms with Crippen molar-refractivity contribution in [1.82, 2.24) is 0 Å². The van der Waals surface area contributed by atoms with Crippen LogP contribution in [-0.4, -0.2) is 16.8 Å². The lowest BCUT2D eigenvalue weighted by Gasteiger charge is -2.69. The average molecular weight is 485 g/mol. The van der Waals surface area contributed by atoms with Crippen molar-refractivity contribution in [2.75, 3.05) is 0 Å². The molecule has 0 radical (unpaired) electrons. The van der Waals surface area contributed by atoms with Crippen LogP contribution in [0.5, 0.6) is 0 Å². The van der Waals surface area contributed by atoms with E-state index in [1.54, 1.807) is 5.57 Å². The van der Waals surface area contributed by atoms with Gasteiger partial charge in [-0.05, 0) is 81.0 Å². The monoisotopic (exact) mass is 484 g/mol. The van der Waals surface area contributed by atoms with Gasteiger partial charge >= 0.3 is 0 Å². The van der Waals surface area contributed by atoms with Crippen molar-refractivity contribution in [2.24, 2.45) is 45.3 Å². The lowest BCUT2D eigenvalue weighted by molar-refractivity contribution is -0.218. The van der Waals surface area contributed by atoms with Crippen LogP contribution in [0.4, 0.5) is 0 Å². The van der Waals surface area contributed by atoms with E-state index in [0.717, 1.165) is 37.4 Å². The summed E-state index contributed by atoms with van der Waals surface area (Å²) in [5, 5.41) is 12.9. The van der Waals surface area contributed by atoms with Crippen LogP contribution in [0.3, 0.4) is 0 Å². The van der Waals surface area contributed by atoms with Gasteiger partial charge in [0.1, 0.15) is 6.10 Å². The Morgan fingerprint density at radius 3 is 2.34 bits per heavy atom. The molecule has 9 unspecified atom stereocenters. The zero-order chi connectivity index (χ0) is 26.0. The summed E-state index contributed by atoms with van der Waals surface area (Å²) in [4.78, 5) is 0. The SMILES string of the molecule is C=C(C)OC1CC2(C)C(=CCC3(C)C(C(C)CCCC(C)C)CCC23O)C2(C)CCC(C)CC12C. The van der Waals surface area contributed by atoms with Crippen molar-refractivity contribution in [3.63, 3.8) is 0 Å². The fourth-order valence-corrected chi connectivity index (χ4v) is 10.1. The Bertz CT molecular complexity index is 857. The van der Waals surface area contributed by atoms with Crippen molar-refractivity contribution >= 4 is 0 Å². The number of fused-ring (bicyclic) bond motifs is 5. The standard InChI is InChI=1S/C33H56O2/c1-22(2)12-11-13-25(6)26-15-19-33(34)29(26,7)18-16-27-30(8)17-14-24(5)20-32(30,10)28(35-23(3)4)21-31(27,33)9/h16,22,24-26,28,34H,3,11-15,17-21H2,1-2,4-10H3. The third-order valence-corrected chi connectivity index (χ3v) is 12.4. The summed E-state index contributed by atoms with van der Waals surface area (Å²) >= 11 is 0. The molecule has 4 rings (SSSR count). The largest absolute Gasteiger partial charge is 0.495 e. The second-order valence-electron chi connectivity index (χ2n) is 15.0. The van der Waals surface area contributed by atoms with Gasteiger partial charge in [-0.15, -0.1) is 0 Å². The predicted molar refractivity (Wildman–Crippen MR) is 148 cm³/mol. The summed E-state index contributed by atoms with van der Waals surface area (Å²) in [7, 11) is 0. The molecule has 35 heavy (non-hydrogen) atoms. The first kappa shape index (κ1) is 27.3. The molecule has 0 aromatic carbocycles. The smallest absolute Gasteiger partial charge is 0.105 e. The van der Waals surface area contributed by atoms with Gasteiger partial charge in [0, 0.05) is 16.2 Å². The zero-order valence-electron chi connectivity index (χ0n) is 24.6. The Balaban J connectivity index is 1.74. The Hall–Kier alpha value is -0.760. The molecular weight excluding hydrogens is 428 g/mol. The second-order valence-corrected chi connectivity index (χ2v) is 15.0. The molecule has 200 valence electrons. The predicted octanol–water partition coefficient (Wildman–Crippen LogP) is 9.09. The van der Waals surface area contributed by atoms with Gasteiger partial charge in [0.2, 0.25) is 0 Å². The molecule has 9 atom stereocenters. The number of ether oxygens (including phenoxy) is 1. The molecule has 0 bridgehead atoms. The molecule has 4 aliphatic rings. The Morgan fingerprint density at radius 1 is 1.03 bits per heavy atom. The van der Waals surface area contributed by atoms with Crippen LogP contribution in [0.25, 0.3) is 0 Å². The van der Waals surface area contributed by atoms with Gasteiger partial charge in [0.25, 0.3) is 0 Å². The maximum absolute atomic E-state index is 12.9. The number of aliphatic hydroxyl groups is 1. The van der Waals surface area contributed by atoms with Gasteiger partial charge in [-0.1, -0.05) is 92.9 Å². The fourth-order valence-electron chi connectivity index (χ4n) is 10.1. The molecule has 0 spiro atoms. The number of rotatable bonds is 7.